The average Bonchev–Trinajstić information content (AvgIpc) is 3.33. The molecule has 8 heteroatoms. The second kappa shape index (κ2) is 8.24. The highest BCUT2D eigenvalue weighted by molar-refractivity contribution is 7.91. The molecule has 0 bridgehead atoms. The van der Waals surface area contributed by atoms with Gasteiger partial charge in [-0.15, -0.1) is 0 Å². The molecule has 0 radical (unpaired) electrons. The van der Waals surface area contributed by atoms with E-state index in [9.17, 15) is 17.6 Å². The molecule has 0 unspecified atom stereocenters. The quantitative estimate of drug-likeness (QED) is 0.574. The predicted molar refractivity (Wildman–Crippen MR) is 112 cm³/mol. The highest BCUT2D eigenvalue weighted by Crippen LogP contribution is 2.27. The van der Waals surface area contributed by atoms with Crippen LogP contribution in [0, 0.1) is 5.82 Å². The van der Waals surface area contributed by atoms with Crippen molar-refractivity contribution >= 4 is 27.3 Å². The van der Waals surface area contributed by atoms with Gasteiger partial charge < -0.3 is 9.32 Å². The number of rotatable bonds is 5. The number of halogens is 2. The van der Waals surface area contributed by atoms with Crippen LogP contribution in [0.1, 0.15) is 22.5 Å². The van der Waals surface area contributed by atoms with Gasteiger partial charge in [-0.3, -0.25) is 4.79 Å². The van der Waals surface area contributed by atoms with Gasteiger partial charge in [-0.05, 0) is 67.1 Å². The fourth-order valence-corrected chi connectivity index (χ4v) is 5.40. The second-order valence-corrected chi connectivity index (χ2v) is 9.93. The van der Waals surface area contributed by atoms with Gasteiger partial charge in [-0.2, -0.15) is 0 Å². The van der Waals surface area contributed by atoms with E-state index in [-0.39, 0.29) is 24.0 Å². The van der Waals surface area contributed by atoms with E-state index in [4.69, 9.17) is 16.0 Å². The number of carbonyl (C=O) groups is 1. The van der Waals surface area contributed by atoms with Crippen molar-refractivity contribution in [1.82, 2.24) is 4.90 Å². The molecule has 1 aliphatic heterocycles. The molecule has 0 spiro atoms. The summed E-state index contributed by atoms with van der Waals surface area (Å²) in [5.41, 5.74) is 1.13. The number of hydrogen-bond acceptors (Lipinski definition) is 4. The third kappa shape index (κ3) is 4.57. The smallest absolute Gasteiger partial charge is 0.254 e. The van der Waals surface area contributed by atoms with Gasteiger partial charge in [0.25, 0.3) is 5.91 Å². The highest BCUT2D eigenvalue weighted by Gasteiger charge is 2.35. The lowest BCUT2D eigenvalue weighted by atomic mass is 10.1. The molecule has 1 aromatic heterocycles. The maximum absolute atomic E-state index is 13.3. The van der Waals surface area contributed by atoms with Crippen molar-refractivity contribution < 1.29 is 22.0 Å². The molecule has 0 saturated carbocycles. The summed E-state index contributed by atoms with van der Waals surface area (Å²) in [6, 6.07) is 15.5. The minimum Gasteiger partial charge on any atom is -0.459 e. The van der Waals surface area contributed by atoms with Crippen molar-refractivity contribution in [3.63, 3.8) is 0 Å². The molecule has 1 atom stereocenters. The summed E-state index contributed by atoms with van der Waals surface area (Å²) in [4.78, 5) is 14.6. The minimum absolute atomic E-state index is 0.0407. The number of sulfone groups is 1. The first kappa shape index (κ1) is 20.6. The molecule has 1 aliphatic rings. The Hall–Kier alpha value is -2.64. The summed E-state index contributed by atoms with van der Waals surface area (Å²) < 4.78 is 43.2. The summed E-state index contributed by atoms with van der Waals surface area (Å²) in [7, 11) is -3.19. The summed E-state index contributed by atoms with van der Waals surface area (Å²) in [6.45, 7) is 0.115. The van der Waals surface area contributed by atoms with Crippen LogP contribution in [-0.2, 0) is 16.4 Å². The van der Waals surface area contributed by atoms with Crippen LogP contribution in [0.25, 0.3) is 11.3 Å². The maximum Gasteiger partial charge on any atom is 0.254 e. The van der Waals surface area contributed by atoms with Crippen LogP contribution in [0.2, 0.25) is 5.02 Å². The molecular formula is C22H19ClFNO4S. The Morgan fingerprint density at radius 3 is 2.40 bits per heavy atom. The van der Waals surface area contributed by atoms with Crippen molar-refractivity contribution in [3.05, 3.63) is 82.8 Å². The van der Waals surface area contributed by atoms with Crippen LogP contribution in [-0.4, -0.2) is 36.8 Å². The summed E-state index contributed by atoms with van der Waals surface area (Å²) in [5.74, 6) is 0.292. The number of benzene rings is 2. The predicted octanol–water partition coefficient (Wildman–Crippen LogP) is 4.57. The lowest BCUT2D eigenvalue weighted by Gasteiger charge is -2.27. The zero-order chi connectivity index (χ0) is 21.3. The van der Waals surface area contributed by atoms with E-state index in [1.807, 2.05) is 12.1 Å². The van der Waals surface area contributed by atoms with Crippen LogP contribution >= 0.6 is 11.6 Å². The molecule has 2 aromatic carbocycles. The van der Waals surface area contributed by atoms with E-state index in [0.29, 0.717) is 28.5 Å². The Morgan fingerprint density at radius 2 is 1.77 bits per heavy atom. The van der Waals surface area contributed by atoms with Crippen molar-refractivity contribution in [2.45, 2.75) is 19.0 Å². The first-order chi connectivity index (χ1) is 14.3. The number of carbonyl (C=O) groups excluding carboxylic acids is 1. The Labute approximate surface area is 179 Å². The number of amides is 1. The molecule has 1 fully saturated rings. The molecule has 5 nitrogen and oxygen atoms in total. The first-order valence-electron chi connectivity index (χ1n) is 9.42. The van der Waals surface area contributed by atoms with Crippen molar-refractivity contribution in [3.8, 4) is 11.3 Å². The number of hydrogen-bond donors (Lipinski definition) is 0. The highest BCUT2D eigenvalue weighted by atomic mass is 35.5. The van der Waals surface area contributed by atoms with Crippen LogP contribution in [0.15, 0.2) is 65.1 Å². The second-order valence-electron chi connectivity index (χ2n) is 7.27. The van der Waals surface area contributed by atoms with Gasteiger partial charge in [0.1, 0.15) is 17.3 Å². The van der Waals surface area contributed by atoms with E-state index < -0.39 is 21.7 Å². The third-order valence-corrected chi connectivity index (χ3v) is 7.12. The Bertz CT molecular complexity index is 1160. The largest absolute Gasteiger partial charge is 0.459 e. The number of nitrogens with zero attached hydrogens (tertiary/aromatic N) is 1. The zero-order valence-electron chi connectivity index (χ0n) is 15.9. The SMILES string of the molecule is O=C(c1ccc(F)cc1)N(Cc1ccc(-c2ccc(Cl)cc2)o1)[C@@H]1CCS(=O)(=O)C1. The van der Waals surface area contributed by atoms with Crippen molar-refractivity contribution in [2.24, 2.45) is 0 Å². The van der Waals surface area contributed by atoms with E-state index in [0.717, 1.165) is 5.56 Å². The van der Waals surface area contributed by atoms with Crippen molar-refractivity contribution in [2.75, 3.05) is 11.5 Å². The Morgan fingerprint density at radius 1 is 1.07 bits per heavy atom. The van der Waals surface area contributed by atoms with E-state index in [2.05, 4.69) is 0 Å². The molecule has 2 heterocycles. The van der Waals surface area contributed by atoms with Crippen LogP contribution in [0.4, 0.5) is 4.39 Å². The maximum atomic E-state index is 13.3. The molecule has 1 amide bonds. The molecule has 1 saturated heterocycles. The van der Waals surface area contributed by atoms with Crippen LogP contribution < -0.4 is 0 Å². The van der Waals surface area contributed by atoms with Gasteiger partial charge in [0.05, 0.1) is 18.1 Å². The summed E-state index contributed by atoms with van der Waals surface area (Å²) >= 11 is 5.92. The normalized spacial score (nSPS) is 17.7. The molecule has 3 aromatic rings. The van der Waals surface area contributed by atoms with Gasteiger partial charge in [-0.25, -0.2) is 12.8 Å². The van der Waals surface area contributed by atoms with Gasteiger partial charge in [0.2, 0.25) is 0 Å². The van der Waals surface area contributed by atoms with Crippen LogP contribution in [0.5, 0.6) is 0 Å². The van der Waals surface area contributed by atoms with Gasteiger partial charge in [0.15, 0.2) is 9.84 Å². The lowest BCUT2D eigenvalue weighted by Crippen LogP contribution is -2.40. The monoisotopic (exact) mass is 447 g/mol. The first-order valence-corrected chi connectivity index (χ1v) is 11.6. The summed E-state index contributed by atoms with van der Waals surface area (Å²) in [6.07, 6.45) is 0.361. The minimum atomic E-state index is -3.19. The molecule has 4 rings (SSSR count). The van der Waals surface area contributed by atoms with E-state index in [1.165, 1.54) is 29.2 Å². The average molecular weight is 448 g/mol. The molecule has 156 valence electrons. The fraction of sp³-hybridized carbons (Fsp3) is 0.227. The van der Waals surface area contributed by atoms with E-state index >= 15 is 0 Å². The molecular weight excluding hydrogens is 429 g/mol. The molecule has 0 N–H and O–H groups in total. The van der Waals surface area contributed by atoms with Gasteiger partial charge in [-0.1, -0.05) is 11.6 Å². The van der Waals surface area contributed by atoms with Gasteiger partial charge >= 0.3 is 0 Å². The summed E-state index contributed by atoms with van der Waals surface area (Å²) in [5, 5.41) is 0.615. The number of furan rings is 1. The van der Waals surface area contributed by atoms with E-state index in [1.54, 1.807) is 24.3 Å². The van der Waals surface area contributed by atoms with Crippen LogP contribution in [0.3, 0.4) is 0 Å². The Balaban J connectivity index is 1.61. The standard InChI is InChI=1S/C22H19ClFNO4S/c23-17-5-1-15(2-6-17)21-10-9-20(29-21)13-25(19-11-12-30(27,28)14-19)22(26)16-3-7-18(24)8-4-16/h1-10,19H,11-14H2/t19-/m1/s1. The fourth-order valence-electron chi connectivity index (χ4n) is 3.55. The van der Waals surface area contributed by atoms with Gasteiger partial charge in [0, 0.05) is 22.2 Å². The lowest BCUT2D eigenvalue weighted by molar-refractivity contribution is 0.0666. The zero-order valence-corrected chi connectivity index (χ0v) is 17.5. The van der Waals surface area contributed by atoms with Crippen molar-refractivity contribution in [1.29, 1.82) is 0 Å². The molecule has 30 heavy (non-hydrogen) atoms. The topological polar surface area (TPSA) is 67.6 Å². The Kier molecular flexibility index (Phi) is 5.66. The molecule has 0 aliphatic carbocycles. The third-order valence-electron chi connectivity index (χ3n) is 5.12.